The highest BCUT2D eigenvalue weighted by atomic mass is 35.5. The second-order valence-electron chi connectivity index (χ2n) is 7.06. The van der Waals surface area contributed by atoms with E-state index in [9.17, 15) is 9.59 Å². The maximum atomic E-state index is 13.5. The Morgan fingerprint density at radius 2 is 1.63 bits per heavy atom. The highest BCUT2D eigenvalue weighted by Crippen LogP contribution is 2.33. The number of para-hydroxylation sites is 1. The van der Waals surface area contributed by atoms with Crippen molar-refractivity contribution in [3.63, 3.8) is 0 Å². The van der Waals surface area contributed by atoms with E-state index in [2.05, 4.69) is 5.32 Å². The standard InChI is InChI=1S/C25H21ClN2O2/c1-3-28-21-15-9-7-13-19(21)23(29)22(18-12-6-8-14-20(18)26)24(28)27-25(30)17-11-5-4-10-16(17)2/h4-15H,3H2,1-2H3,(H,27,30). The zero-order valence-corrected chi connectivity index (χ0v) is 17.5. The number of nitrogens with one attached hydrogen (secondary N) is 1. The number of fused-ring (bicyclic) bond motifs is 1. The summed E-state index contributed by atoms with van der Waals surface area (Å²) in [6, 6.07) is 22.0. The molecule has 4 nitrogen and oxygen atoms in total. The number of aryl methyl sites for hydroxylation is 2. The monoisotopic (exact) mass is 416 g/mol. The fourth-order valence-electron chi connectivity index (χ4n) is 3.77. The van der Waals surface area contributed by atoms with Crippen LogP contribution in [0.5, 0.6) is 0 Å². The van der Waals surface area contributed by atoms with E-state index in [0.29, 0.717) is 39.5 Å². The molecule has 1 aromatic heterocycles. The Labute approximate surface area is 179 Å². The predicted octanol–water partition coefficient (Wildman–Crippen LogP) is 5.90. The van der Waals surface area contributed by atoms with Gasteiger partial charge >= 0.3 is 0 Å². The Morgan fingerprint density at radius 3 is 2.37 bits per heavy atom. The molecular weight excluding hydrogens is 396 g/mol. The molecule has 5 heteroatoms. The van der Waals surface area contributed by atoms with E-state index in [1.807, 2.05) is 66.9 Å². The summed E-state index contributed by atoms with van der Waals surface area (Å²) in [4.78, 5) is 26.7. The molecule has 4 aromatic rings. The van der Waals surface area contributed by atoms with Crippen LogP contribution in [0.25, 0.3) is 22.0 Å². The van der Waals surface area contributed by atoms with E-state index in [1.165, 1.54) is 0 Å². The summed E-state index contributed by atoms with van der Waals surface area (Å²) in [5.74, 6) is 0.181. The minimum Gasteiger partial charge on any atom is -0.327 e. The highest BCUT2D eigenvalue weighted by molar-refractivity contribution is 6.33. The van der Waals surface area contributed by atoms with E-state index in [4.69, 9.17) is 11.6 Å². The van der Waals surface area contributed by atoms with Crippen LogP contribution in [0.2, 0.25) is 5.02 Å². The van der Waals surface area contributed by atoms with Crippen LogP contribution in [0.15, 0.2) is 77.6 Å². The SMILES string of the molecule is CCn1c(NC(=O)c2ccccc2C)c(-c2ccccc2Cl)c(=O)c2ccccc21. The molecule has 0 saturated carbocycles. The fourth-order valence-corrected chi connectivity index (χ4v) is 4.00. The zero-order valence-electron chi connectivity index (χ0n) is 16.8. The number of rotatable bonds is 4. The maximum Gasteiger partial charge on any atom is 0.257 e. The van der Waals surface area contributed by atoms with Gasteiger partial charge in [0.1, 0.15) is 5.82 Å². The highest BCUT2D eigenvalue weighted by Gasteiger charge is 2.22. The Balaban J connectivity index is 2.03. The lowest BCUT2D eigenvalue weighted by atomic mass is 10.0. The largest absolute Gasteiger partial charge is 0.327 e. The lowest BCUT2D eigenvalue weighted by molar-refractivity contribution is 0.102. The van der Waals surface area contributed by atoms with Crippen LogP contribution in [-0.2, 0) is 6.54 Å². The average molecular weight is 417 g/mol. The van der Waals surface area contributed by atoms with Gasteiger partial charge in [-0.2, -0.15) is 0 Å². The molecule has 0 aliphatic rings. The number of amides is 1. The minimum atomic E-state index is -0.265. The van der Waals surface area contributed by atoms with Crippen molar-refractivity contribution in [2.24, 2.45) is 0 Å². The van der Waals surface area contributed by atoms with Crippen LogP contribution in [0.1, 0.15) is 22.8 Å². The molecule has 1 amide bonds. The Bertz CT molecular complexity index is 1320. The summed E-state index contributed by atoms with van der Waals surface area (Å²) >= 11 is 6.47. The van der Waals surface area contributed by atoms with Gasteiger partial charge in [0.05, 0.1) is 11.1 Å². The Morgan fingerprint density at radius 1 is 0.967 bits per heavy atom. The van der Waals surface area contributed by atoms with Crippen molar-refractivity contribution in [2.45, 2.75) is 20.4 Å². The van der Waals surface area contributed by atoms with Crippen LogP contribution in [-0.4, -0.2) is 10.5 Å². The number of benzene rings is 3. The first-order valence-electron chi connectivity index (χ1n) is 9.80. The number of pyridine rings is 1. The molecular formula is C25H21ClN2O2. The summed E-state index contributed by atoms with van der Waals surface area (Å²) in [5.41, 5.74) is 3.01. The van der Waals surface area contributed by atoms with Gasteiger partial charge in [-0.1, -0.05) is 60.1 Å². The maximum absolute atomic E-state index is 13.5. The number of carbonyl (C=O) groups excluding carboxylic acids is 1. The molecule has 0 aliphatic heterocycles. The van der Waals surface area contributed by atoms with Crippen molar-refractivity contribution < 1.29 is 4.79 Å². The van der Waals surface area contributed by atoms with E-state index in [0.717, 1.165) is 11.1 Å². The van der Waals surface area contributed by atoms with Gasteiger partial charge in [0, 0.05) is 28.1 Å². The number of anilines is 1. The first kappa shape index (κ1) is 19.9. The van der Waals surface area contributed by atoms with Crippen LogP contribution < -0.4 is 10.7 Å². The van der Waals surface area contributed by atoms with E-state index >= 15 is 0 Å². The van der Waals surface area contributed by atoms with Gasteiger partial charge < -0.3 is 9.88 Å². The molecule has 0 aliphatic carbocycles. The third-order valence-electron chi connectivity index (χ3n) is 5.25. The fraction of sp³-hybridized carbons (Fsp3) is 0.120. The second-order valence-corrected chi connectivity index (χ2v) is 7.47. The average Bonchev–Trinajstić information content (AvgIpc) is 2.75. The van der Waals surface area contributed by atoms with Gasteiger partial charge in [-0.15, -0.1) is 0 Å². The number of aromatic nitrogens is 1. The summed E-state index contributed by atoms with van der Waals surface area (Å²) < 4.78 is 1.95. The summed E-state index contributed by atoms with van der Waals surface area (Å²) in [6.45, 7) is 4.44. The number of nitrogens with zero attached hydrogens (tertiary/aromatic N) is 1. The Kier molecular flexibility index (Phi) is 5.42. The van der Waals surface area contributed by atoms with Crippen LogP contribution in [0, 0.1) is 6.92 Å². The van der Waals surface area contributed by atoms with Crippen molar-refractivity contribution in [1.29, 1.82) is 0 Å². The molecule has 0 saturated heterocycles. The first-order chi connectivity index (χ1) is 14.5. The molecule has 0 fully saturated rings. The van der Waals surface area contributed by atoms with Crippen molar-refractivity contribution in [3.8, 4) is 11.1 Å². The molecule has 0 atom stereocenters. The van der Waals surface area contributed by atoms with Crippen LogP contribution in [0.4, 0.5) is 5.82 Å². The molecule has 0 unspecified atom stereocenters. The van der Waals surface area contributed by atoms with Crippen molar-refractivity contribution in [3.05, 3.63) is 99.2 Å². The molecule has 1 N–H and O–H groups in total. The molecule has 30 heavy (non-hydrogen) atoms. The molecule has 0 spiro atoms. The first-order valence-corrected chi connectivity index (χ1v) is 10.2. The summed E-state index contributed by atoms with van der Waals surface area (Å²) in [7, 11) is 0. The molecule has 4 rings (SSSR count). The van der Waals surface area contributed by atoms with E-state index in [1.54, 1.807) is 24.3 Å². The lowest BCUT2D eigenvalue weighted by Crippen LogP contribution is -2.23. The van der Waals surface area contributed by atoms with Gasteiger partial charge in [0.15, 0.2) is 5.43 Å². The molecule has 0 bridgehead atoms. The second kappa shape index (κ2) is 8.17. The lowest BCUT2D eigenvalue weighted by Gasteiger charge is -2.21. The predicted molar refractivity (Wildman–Crippen MR) is 123 cm³/mol. The zero-order chi connectivity index (χ0) is 21.3. The number of carbonyl (C=O) groups is 1. The van der Waals surface area contributed by atoms with Gasteiger partial charge in [-0.05, 0) is 43.7 Å². The third kappa shape index (κ3) is 3.40. The van der Waals surface area contributed by atoms with Crippen LogP contribution in [0.3, 0.4) is 0 Å². The number of hydrogen-bond donors (Lipinski definition) is 1. The van der Waals surface area contributed by atoms with Gasteiger partial charge in [0.2, 0.25) is 0 Å². The number of hydrogen-bond acceptors (Lipinski definition) is 2. The molecule has 150 valence electrons. The van der Waals surface area contributed by atoms with E-state index < -0.39 is 0 Å². The van der Waals surface area contributed by atoms with Gasteiger partial charge in [-0.25, -0.2) is 0 Å². The Hall–Kier alpha value is -3.37. The van der Waals surface area contributed by atoms with Crippen molar-refractivity contribution in [2.75, 3.05) is 5.32 Å². The summed E-state index contributed by atoms with van der Waals surface area (Å²) in [5, 5.41) is 4.05. The molecule has 0 radical (unpaired) electrons. The topological polar surface area (TPSA) is 51.1 Å². The molecule has 3 aromatic carbocycles. The van der Waals surface area contributed by atoms with Gasteiger partial charge in [0.25, 0.3) is 5.91 Å². The van der Waals surface area contributed by atoms with Crippen molar-refractivity contribution >= 4 is 34.2 Å². The van der Waals surface area contributed by atoms with Crippen LogP contribution >= 0.6 is 11.6 Å². The molecule has 1 heterocycles. The van der Waals surface area contributed by atoms with Gasteiger partial charge in [-0.3, -0.25) is 9.59 Å². The quantitative estimate of drug-likeness (QED) is 0.450. The minimum absolute atomic E-state index is 0.163. The van der Waals surface area contributed by atoms with E-state index in [-0.39, 0.29) is 11.3 Å². The third-order valence-corrected chi connectivity index (χ3v) is 5.58. The summed E-state index contributed by atoms with van der Waals surface area (Å²) in [6.07, 6.45) is 0. The van der Waals surface area contributed by atoms with Crippen molar-refractivity contribution in [1.82, 2.24) is 4.57 Å². The normalized spacial score (nSPS) is 10.9. The number of halogens is 1. The smallest absolute Gasteiger partial charge is 0.257 e.